The van der Waals surface area contributed by atoms with Crippen molar-refractivity contribution >= 4 is 5.97 Å². The Hall–Kier alpha value is -2.17. The molecule has 0 aliphatic rings. The fourth-order valence-corrected chi connectivity index (χ4v) is 1.64. The lowest BCUT2D eigenvalue weighted by atomic mass is 10.0. The van der Waals surface area contributed by atoms with Gasteiger partial charge in [0.1, 0.15) is 0 Å². The topological polar surface area (TPSA) is 68.0 Å². The second-order valence-electron chi connectivity index (χ2n) is 4.46. The van der Waals surface area contributed by atoms with Crippen LogP contribution in [0.25, 0.3) is 0 Å². The highest BCUT2D eigenvalue weighted by atomic mass is 16.4. The van der Waals surface area contributed by atoms with E-state index in [1.165, 1.54) is 16.6 Å². The molecule has 0 atom stereocenters. The average molecular weight is 245 g/mol. The molecule has 0 saturated carbocycles. The molecule has 0 aliphatic carbocycles. The standard InChI is InChI=1S/C13H15N3O2/c1-9(2)11-5-3-10(4-6-11)8-16-14-7-12(15-16)13(17)18/h3-7,9H,8H2,1-2H3,(H,17,18). The molecule has 1 aromatic carbocycles. The normalized spacial score (nSPS) is 10.8. The van der Waals surface area contributed by atoms with Crippen LogP contribution in [0.1, 0.15) is 41.4 Å². The third-order valence-electron chi connectivity index (χ3n) is 2.73. The molecule has 2 rings (SSSR count). The molecule has 94 valence electrons. The van der Waals surface area contributed by atoms with E-state index in [9.17, 15) is 4.79 Å². The van der Waals surface area contributed by atoms with Crippen molar-refractivity contribution in [2.75, 3.05) is 0 Å². The number of nitrogens with zero attached hydrogens (tertiary/aromatic N) is 3. The van der Waals surface area contributed by atoms with E-state index in [2.05, 4.69) is 36.2 Å². The quantitative estimate of drug-likeness (QED) is 0.896. The van der Waals surface area contributed by atoms with E-state index < -0.39 is 5.97 Å². The van der Waals surface area contributed by atoms with E-state index in [-0.39, 0.29) is 5.69 Å². The number of aromatic carboxylic acids is 1. The van der Waals surface area contributed by atoms with Crippen LogP contribution in [0.5, 0.6) is 0 Å². The van der Waals surface area contributed by atoms with Crippen LogP contribution in [0.2, 0.25) is 0 Å². The summed E-state index contributed by atoms with van der Waals surface area (Å²) in [4.78, 5) is 12.1. The number of benzene rings is 1. The first kappa shape index (κ1) is 12.3. The first-order valence-corrected chi connectivity index (χ1v) is 5.78. The second kappa shape index (κ2) is 5.00. The number of carbonyl (C=O) groups is 1. The summed E-state index contributed by atoms with van der Waals surface area (Å²) in [5.41, 5.74) is 2.29. The summed E-state index contributed by atoms with van der Waals surface area (Å²) in [6.45, 7) is 4.76. The smallest absolute Gasteiger partial charge is 0.358 e. The van der Waals surface area contributed by atoms with Crippen molar-refractivity contribution in [2.45, 2.75) is 26.3 Å². The summed E-state index contributed by atoms with van der Waals surface area (Å²) in [6.07, 6.45) is 1.25. The molecule has 0 amide bonds. The summed E-state index contributed by atoms with van der Waals surface area (Å²) in [5.74, 6) is -0.558. The van der Waals surface area contributed by atoms with Crippen molar-refractivity contribution in [3.05, 3.63) is 47.3 Å². The largest absolute Gasteiger partial charge is 0.476 e. The lowest BCUT2D eigenvalue weighted by Gasteiger charge is -2.06. The summed E-state index contributed by atoms with van der Waals surface area (Å²) >= 11 is 0. The van der Waals surface area contributed by atoms with Gasteiger partial charge in [0.15, 0.2) is 5.69 Å². The Morgan fingerprint density at radius 3 is 2.50 bits per heavy atom. The van der Waals surface area contributed by atoms with Crippen molar-refractivity contribution in [1.29, 1.82) is 0 Å². The summed E-state index contributed by atoms with van der Waals surface area (Å²) in [6, 6.07) is 8.17. The van der Waals surface area contributed by atoms with Crippen LogP contribution in [0.4, 0.5) is 0 Å². The second-order valence-corrected chi connectivity index (χ2v) is 4.46. The molecule has 0 bridgehead atoms. The van der Waals surface area contributed by atoms with Crippen LogP contribution in [-0.2, 0) is 6.54 Å². The maximum absolute atomic E-state index is 10.7. The van der Waals surface area contributed by atoms with Gasteiger partial charge in [0.2, 0.25) is 0 Å². The molecule has 2 aromatic rings. The molecule has 1 aromatic heterocycles. The maximum Gasteiger partial charge on any atom is 0.358 e. The van der Waals surface area contributed by atoms with Crippen LogP contribution in [0.3, 0.4) is 0 Å². The third-order valence-corrected chi connectivity index (χ3v) is 2.73. The first-order valence-electron chi connectivity index (χ1n) is 5.78. The number of carboxylic acid groups (broad SMARTS) is 1. The Balaban J connectivity index is 2.10. The van der Waals surface area contributed by atoms with Gasteiger partial charge in [-0.05, 0) is 17.0 Å². The summed E-state index contributed by atoms with van der Waals surface area (Å²) < 4.78 is 0. The zero-order chi connectivity index (χ0) is 13.1. The van der Waals surface area contributed by atoms with Crippen molar-refractivity contribution in [2.24, 2.45) is 0 Å². The van der Waals surface area contributed by atoms with Crippen LogP contribution in [0, 0.1) is 0 Å². The predicted molar refractivity (Wildman–Crippen MR) is 66.6 cm³/mol. The van der Waals surface area contributed by atoms with Crippen LogP contribution in [0.15, 0.2) is 30.5 Å². The van der Waals surface area contributed by atoms with Gasteiger partial charge in [-0.1, -0.05) is 38.1 Å². The van der Waals surface area contributed by atoms with Gasteiger partial charge in [0.25, 0.3) is 0 Å². The molecular formula is C13H15N3O2. The molecule has 0 aliphatic heterocycles. The number of hydrogen-bond donors (Lipinski definition) is 1. The van der Waals surface area contributed by atoms with Gasteiger partial charge >= 0.3 is 5.97 Å². The van der Waals surface area contributed by atoms with E-state index >= 15 is 0 Å². The molecule has 0 spiro atoms. The summed E-state index contributed by atoms with van der Waals surface area (Å²) in [7, 11) is 0. The molecule has 0 unspecified atom stereocenters. The van der Waals surface area contributed by atoms with Gasteiger partial charge < -0.3 is 5.11 Å². The van der Waals surface area contributed by atoms with Crippen molar-refractivity contribution < 1.29 is 9.90 Å². The highest BCUT2D eigenvalue weighted by molar-refractivity contribution is 5.84. The predicted octanol–water partition coefficient (Wildman–Crippen LogP) is 2.15. The molecule has 5 nitrogen and oxygen atoms in total. The van der Waals surface area contributed by atoms with E-state index in [1.54, 1.807) is 0 Å². The number of aromatic nitrogens is 3. The van der Waals surface area contributed by atoms with Gasteiger partial charge in [-0.3, -0.25) is 0 Å². The van der Waals surface area contributed by atoms with E-state index in [1.807, 2.05) is 12.1 Å². The molecule has 1 N–H and O–H groups in total. The highest BCUT2D eigenvalue weighted by Gasteiger charge is 2.08. The van der Waals surface area contributed by atoms with Crippen LogP contribution >= 0.6 is 0 Å². The molecular weight excluding hydrogens is 230 g/mol. The fraction of sp³-hybridized carbons (Fsp3) is 0.308. The van der Waals surface area contributed by atoms with E-state index in [4.69, 9.17) is 5.11 Å². The average Bonchev–Trinajstić information content (AvgIpc) is 2.78. The minimum atomic E-state index is -1.06. The number of rotatable bonds is 4. The molecule has 18 heavy (non-hydrogen) atoms. The Morgan fingerprint density at radius 1 is 1.33 bits per heavy atom. The van der Waals surface area contributed by atoms with Crippen molar-refractivity contribution in [3.63, 3.8) is 0 Å². The van der Waals surface area contributed by atoms with Crippen molar-refractivity contribution in [3.8, 4) is 0 Å². The monoisotopic (exact) mass is 245 g/mol. The number of hydrogen-bond acceptors (Lipinski definition) is 3. The lowest BCUT2D eigenvalue weighted by Crippen LogP contribution is -2.06. The summed E-state index contributed by atoms with van der Waals surface area (Å²) in [5, 5.41) is 16.5. The Morgan fingerprint density at radius 2 is 2.00 bits per heavy atom. The molecule has 0 fully saturated rings. The third kappa shape index (κ3) is 2.74. The van der Waals surface area contributed by atoms with Crippen molar-refractivity contribution in [1.82, 2.24) is 15.0 Å². The fourth-order valence-electron chi connectivity index (χ4n) is 1.64. The number of carboxylic acids is 1. The lowest BCUT2D eigenvalue weighted by molar-refractivity contribution is 0.0689. The van der Waals surface area contributed by atoms with Gasteiger partial charge in [-0.25, -0.2) is 4.79 Å². The van der Waals surface area contributed by atoms with Gasteiger partial charge in [-0.2, -0.15) is 9.90 Å². The SMILES string of the molecule is CC(C)c1ccc(Cn2ncc(C(=O)O)n2)cc1. The minimum Gasteiger partial charge on any atom is -0.476 e. The Labute approximate surface area is 105 Å². The van der Waals surface area contributed by atoms with E-state index in [0.717, 1.165) is 5.56 Å². The zero-order valence-corrected chi connectivity index (χ0v) is 10.4. The van der Waals surface area contributed by atoms with E-state index in [0.29, 0.717) is 12.5 Å². The Kier molecular flexibility index (Phi) is 3.41. The Bertz CT molecular complexity index is 544. The maximum atomic E-state index is 10.7. The van der Waals surface area contributed by atoms with Gasteiger partial charge in [0.05, 0.1) is 12.7 Å². The molecule has 0 radical (unpaired) electrons. The van der Waals surface area contributed by atoms with Crippen LogP contribution in [-0.4, -0.2) is 26.1 Å². The van der Waals surface area contributed by atoms with Gasteiger partial charge in [-0.15, -0.1) is 5.10 Å². The van der Waals surface area contributed by atoms with Crippen LogP contribution < -0.4 is 0 Å². The first-order chi connectivity index (χ1) is 8.56. The molecule has 5 heteroatoms. The zero-order valence-electron chi connectivity index (χ0n) is 10.4. The molecule has 0 saturated heterocycles. The highest BCUT2D eigenvalue weighted by Crippen LogP contribution is 2.14. The molecule has 1 heterocycles. The minimum absolute atomic E-state index is 0.0335. The van der Waals surface area contributed by atoms with Gasteiger partial charge in [0, 0.05) is 0 Å².